The number of carbonyl (C=O) groups excluding carboxylic acids is 1. The lowest BCUT2D eigenvalue weighted by atomic mass is 9.98. The molecule has 1 unspecified atom stereocenters. The van der Waals surface area contributed by atoms with Gasteiger partial charge in [-0.1, -0.05) is 29.0 Å². The van der Waals surface area contributed by atoms with Gasteiger partial charge in [-0.25, -0.2) is 13.4 Å². The maximum Gasteiger partial charge on any atom is 0.243 e. The van der Waals surface area contributed by atoms with Crippen LogP contribution in [0.2, 0.25) is 5.02 Å². The van der Waals surface area contributed by atoms with Crippen molar-refractivity contribution in [2.24, 2.45) is 5.92 Å². The Morgan fingerprint density at radius 1 is 1.22 bits per heavy atom. The largest absolute Gasteiger partial charge is 0.467 e. The number of halogens is 1. The molecule has 2 aromatic carbocycles. The molecule has 4 aromatic rings. The number of rotatable bonds is 6. The number of hydrogen-bond donors (Lipinski definition) is 0. The van der Waals surface area contributed by atoms with E-state index in [0.29, 0.717) is 35.3 Å². The lowest BCUT2D eigenvalue weighted by Crippen LogP contribution is -2.46. The van der Waals surface area contributed by atoms with E-state index in [1.807, 2.05) is 26.0 Å². The number of aryl methyl sites for hydroxylation is 2. The van der Waals surface area contributed by atoms with E-state index in [1.54, 1.807) is 29.4 Å². The molecule has 0 N–H and O–H groups in total. The molecule has 1 fully saturated rings. The molecule has 0 saturated carbocycles. The van der Waals surface area contributed by atoms with Crippen LogP contribution in [-0.4, -0.2) is 36.7 Å². The Hall–Kier alpha value is -2.72. The lowest BCUT2D eigenvalue weighted by Gasteiger charge is -2.33. The molecule has 0 aliphatic carbocycles. The Kier molecular flexibility index (Phi) is 6.91. The van der Waals surface area contributed by atoms with Crippen molar-refractivity contribution in [3.05, 3.63) is 76.7 Å². The van der Waals surface area contributed by atoms with E-state index in [9.17, 15) is 13.2 Å². The van der Waals surface area contributed by atoms with E-state index >= 15 is 0 Å². The Labute approximate surface area is 219 Å². The molecule has 2 aromatic heterocycles. The number of benzene rings is 2. The van der Waals surface area contributed by atoms with E-state index in [4.69, 9.17) is 21.0 Å². The summed E-state index contributed by atoms with van der Waals surface area (Å²) < 4.78 is 34.5. The smallest absolute Gasteiger partial charge is 0.243 e. The normalized spacial score (nSPS) is 16.9. The topological polar surface area (TPSA) is 83.7 Å². The van der Waals surface area contributed by atoms with Gasteiger partial charge >= 0.3 is 0 Å². The second-order valence-electron chi connectivity index (χ2n) is 9.09. The summed E-state index contributed by atoms with van der Waals surface area (Å²) in [6, 6.07) is 13.8. The predicted octanol–water partition coefficient (Wildman–Crippen LogP) is 5.79. The first-order chi connectivity index (χ1) is 17.2. The highest BCUT2D eigenvalue weighted by molar-refractivity contribution is 7.89. The molecule has 36 heavy (non-hydrogen) atoms. The van der Waals surface area contributed by atoms with Crippen LogP contribution in [0, 0.1) is 19.8 Å². The standard InChI is InChI=1S/C26H26ClN3O4S2/c1-17-13-18(2)24-23(14-17)28-26(35-24)30(16-21-6-4-12-34-21)25(31)19-5-3-11-29(15-19)36(32,33)22-9-7-20(27)8-10-22/h4,6-10,12-14,19H,3,5,11,15-16H2,1-2H3. The minimum absolute atomic E-state index is 0.113. The first-order valence-corrected chi connectivity index (χ1v) is 14.3. The summed E-state index contributed by atoms with van der Waals surface area (Å²) in [5.41, 5.74) is 3.06. The average Bonchev–Trinajstić information content (AvgIpc) is 3.52. The van der Waals surface area contributed by atoms with Gasteiger partial charge in [0.2, 0.25) is 15.9 Å². The molecule has 1 saturated heterocycles. The fourth-order valence-electron chi connectivity index (χ4n) is 4.62. The van der Waals surface area contributed by atoms with Gasteiger partial charge in [0, 0.05) is 18.1 Å². The molecule has 3 heterocycles. The van der Waals surface area contributed by atoms with Crippen LogP contribution in [0.1, 0.15) is 29.7 Å². The summed E-state index contributed by atoms with van der Waals surface area (Å²) in [5, 5.41) is 1.05. The molecule has 1 amide bonds. The molecular weight excluding hydrogens is 518 g/mol. The number of fused-ring (bicyclic) bond motifs is 1. The third kappa shape index (κ3) is 4.93. The van der Waals surface area contributed by atoms with Crippen LogP contribution in [0.15, 0.2) is 64.1 Å². The molecule has 0 spiro atoms. The number of aromatic nitrogens is 1. The highest BCUT2D eigenvalue weighted by Gasteiger charge is 2.36. The van der Waals surface area contributed by atoms with Gasteiger partial charge in [-0.05, 0) is 80.3 Å². The third-order valence-electron chi connectivity index (χ3n) is 6.38. The summed E-state index contributed by atoms with van der Waals surface area (Å²) in [6.45, 7) is 4.77. The second-order valence-corrected chi connectivity index (χ2v) is 12.4. The van der Waals surface area contributed by atoms with Gasteiger partial charge in [-0.15, -0.1) is 0 Å². The molecule has 1 aliphatic heterocycles. The van der Waals surface area contributed by atoms with Crippen molar-refractivity contribution in [2.75, 3.05) is 18.0 Å². The number of amides is 1. The molecule has 7 nitrogen and oxygen atoms in total. The lowest BCUT2D eigenvalue weighted by molar-refractivity contribution is -0.123. The fourth-order valence-corrected chi connectivity index (χ4v) is 7.29. The van der Waals surface area contributed by atoms with Crippen LogP contribution in [0.5, 0.6) is 0 Å². The number of furan rings is 1. The first-order valence-electron chi connectivity index (χ1n) is 11.7. The predicted molar refractivity (Wildman–Crippen MR) is 142 cm³/mol. The molecule has 1 aliphatic rings. The van der Waals surface area contributed by atoms with E-state index in [1.165, 1.54) is 27.8 Å². The van der Waals surface area contributed by atoms with E-state index in [2.05, 4.69) is 6.07 Å². The average molecular weight is 544 g/mol. The zero-order valence-corrected chi connectivity index (χ0v) is 22.4. The molecule has 0 bridgehead atoms. The van der Waals surface area contributed by atoms with Gasteiger partial charge in [-0.2, -0.15) is 4.31 Å². The summed E-state index contributed by atoms with van der Waals surface area (Å²) in [7, 11) is -3.74. The number of anilines is 1. The van der Waals surface area contributed by atoms with Crippen LogP contribution < -0.4 is 4.90 Å². The second kappa shape index (κ2) is 9.97. The minimum atomic E-state index is -3.74. The maximum absolute atomic E-state index is 13.9. The van der Waals surface area contributed by atoms with Crippen molar-refractivity contribution >= 4 is 54.2 Å². The van der Waals surface area contributed by atoms with Gasteiger partial charge in [0.15, 0.2) is 5.13 Å². The van der Waals surface area contributed by atoms with Crippen LogP contribution >= 0.6 is 22.9 Å². The molecular formula is C26H26ClN3O4S2. The highest BCUT2D eigenvalue weighted by Crippen LogP contribution is 2.35. The Morgan fingerprint density at radius 2 is 2.00 bits per heavy atom. The van der Waals surface area contributed by atoms with Gasteiger partial charge in [0.25, 0.3) is 0 Å². The number of sulfonamides is 1. The number of piperidine rings is 1. The first kappa shape index (κ1) is 25.0. The SMILES string of the molecule is Cc1cc(C)c2sc(N(Cc3ccco3)C(=O)C3CCCN(S(=O)(=O)c4ccc(Cl)cc4)C3)nc2c1. The van der Waals surface area contributed by atoms with Crippen LogP contribution in [0.4, 0.5) is 5.13 Å². The van der Waals surface area contributed by atoms with Crippen molar-refractivity contribution in [3.8, 4) is 0 Å². The number of hydrogen-bond acceptors (Lipinski definition) is 6. The van der Waals surface area contributed by atoms with Crippen molar-refractivity contribution in [1.29, 1.82) is 0 Å². The van der Waals surface area contributed by atoms with Crippen molar-refractivity contribution in [1.82, 2.24) is 9.29 Å². The summed E-state index contributed by atoms with van der Waals surface area (Å²) in [6.07, 6.45) is 2.77. The fraction of sp³-hybridized carbons (Fsp3) is 0.308. The maximum atomic E-state index is 13.9. The number of carbonyl (C=O) groups is 1. The highest BCUT2D eigenvalue weighted by atomic mass is 35.5. The van der Waals surface area contributed by atoms with E-state index in [-0.39, 0.29) is 23.9 Å². The van der Waals surface area contributed by atoms with Crippen LogP contribution in [0.25, 0.3) is 10.2 Å². The van der Waals surface area contributed by atoms with Gasteiger partial charge in [-0.3, -0.25) is 9.69 Å². The van der Waals surface area contributed by atoms with Crippen LogP contribution in [-0.2, 0) is 21.4 Å². The monoisotopic (exact) mass is 543 g/mol. The molecule has 1 atom stereocenters. The van der Waals surface area contributed by atoms with Gasteiger partial charge in [0.05, 0.1) is 33.8 Å². The zero-order valence-electron chi connectivity index (χ0n) is 20.0. The Morgan fingerprint density at radius 3 is 2.72 bits per heavy atom. The molecule has 188 valence electrons. The van der Waals surface area contributed by atoms with Crippen molar-refractivity contribution < 1.29 is 17.6 Å². The zero-order chi connectivity index (χ0) is 25.4. The van der Waals surface area contributed by atoms with Crippen molar-refractivity contribution in [2.45, 2.75) is 38.1 Å². The third-order valence-corrected chi connectivity index (χ3v) is 9.75. The Bertz CT molecular complexity index is 1500. The summed E-state index contributed by atoms with van der Waals surface area (Å²) in [5.74, 6) is -0.0153. The number of thiazole rings is 1. The summed E-state index contributed by atoms with van der Waals surface area (Å²) in [4.78, 5) is 20.5. The minimum Gasteiger partial charge on any atom is -0.467 e. The van der Waals surface area contributed by atoms with Crippen molar-refractivity contribution in [3.63, 3.8) is 0 Å². The van der Waals surface area contributed by atoms with Crippen LogP contribution in [0.3, 0.4) is 0 Å². The molecule has 5 rings (SSSR count). The summed E-state index contributed by atoms with van der Waals surface area (Å²) >= 11 is 7.41. The van der Waals surface area contributed by atoms with Gasteiger partial charge in [0.1, 0.15) is 5.76 Å². The van der Waals surface area contributed by atoms with E-state index in [0.717, 1.165) is 21.3 Å². The van der Waals surface area contributed by atoms with Gasteiger partial charge < -0.3 is 4.42 Å². The Balaban J connectivity index is 1.45. The van der Waals surface area contributed by atoms with E-state index < -0.39 is 15.9 Å². The molecule has 0 radical (unpaired) electrons. The quantitative estimate of drug-likeness (QED) is 0.307. The molecule has 10 heteroatoms. The number of nitrogens with zero attached hydrogens (tertiary/aromatic N) is 3.